The molecule has 1 rings (SSSR count). The van der Waals surface area contributed by atoms with Gasteiger partial charge in [-0.15, -0.1) is 0 Å². The van der Waals surface area contributed by atoms with Crippen LogP contribution in [-0.2, 0) is 0 Å². The van der Waals surface area contributed by atoms with Crippen molar-refractivity contribution in [3.8, 4) is 0 Å². The van der Waals surface area contributed by atoms with E-state index in [-0.39, 0.29) is 6.61 Å². The van der Waals surface area contributed by atoms with Gasteiger partial charge in [0.1, 0.15) is 17.3 Å². The Bertz CT molecular complexity index is 338. The Kier molecular flexibility index (Phi) is 6.01. The first-order valence-electron chi connectivity index (χ1n) is 5.22. The van der Waals surface area contributed by atoms with Gasteiger partial charge < -0.3 is 10.0 Å². The molecule has 0 aliphatic heterocycles. The largest absolute Gasteiger partial charge is 0.395 e. The Morgan fingerprint density at radius 1 is 1.44 bits per heavy atom. The lowest BCUT2D eigenvalue weighted by Crippen LogP contribution is -2.29. The molecule has 0 atom stereocenters. The Labute approximate surface area is 109 Å². The summed E-state index contributed by atoms with van der Waals surface area (Å²) in [5, 5.41) is 9.42. The Morgan fingerprint density at radius 3 is 2.81 bits per heavy atom. The summed E-state index contributed by atoms with van der Waals surface area (Å²) < 4.78 is 0.682. The number of aliphatic hydroxyl groups is 1. The van der Waals surface area contributed by atoms with E-state index in [4.69, 9.17) is 16.7 Å². The molecule has 90 valence electrons. The normalized spacial score (nSPS) is 10.5. The third-order valence-electron chi connectivity index (χ3n) is 2.18. The number of nitrogens with zero attached hydrogens (tertiary/aromatic N) is 3. The highest BCUT2D eigenvalue weighted by Crippen LogP contribution is 2.29. The molecule has 0 aromatic carbocycles. The predicted molar refractivity (Wildman–Crippen MR) is 68.9 cm³/mol. The monoisotopic (exact) mass is 307 g/mol. The van der Waals surface area contributed by atoms with Crippen molar-refractivity contribution in [3.63, 3.8) is 0 Å². The van der Waals surface area contributed by atoms with E-state index in [1.807, 2.05) is 4.90 Å². The lowest BCUT2D eigenvalue weighted by atomic mass is 10.3. The first kappa shape index (κ1) is 13.7. The Morgan fingerprint density at radius 2 is 2.19 bits per heavy atom. The summed E-state index contributed by atoms with van der Waals surface area (Å²) in [7, 11) is 0. The van der Waals surface area contributed by atoms with Gasteiger partial charge in [0, 0.05) is 13.1 Å². The maximum atomic E-state index is 9.02. The van der Waals surface area contributed by atoms with Gasteiger partial charge in [-0.05, 0) is 22.4 Å². The van der Waals surface area contributed by atoms with Crippen molar-refractivity contribution in [2.24, 2.45) is 0 Å². The molecule has 0 radical (unpaired) electrons. The van der Waals surface area contributed by atoms with E-state index in [2.05, 4.69) is 32.8 Å². The van der Waals surface area contributed by atoms with Gasteiger partial charge in [-0.25, -0.2) is 9.97 Å². The lowest BCUT2D eigenvalue weighted by Gasteiger charge is -2.23. The van der Waals surface area contributed by atoms with Crippen LogP contribution in [0.3, 0.4) is 0 Å². The highest BCUT2D eigenvalue weighted by atomic mass is 79.9. The van der Waals surface area contributed by atoms with Gasteiger partial charge in [0.15, 0.2) is 0 Å². The van der Waals surface area contributed by atoms with Crippen LogP contribution in [0.15, 0.2) is 10.8 Å². The van der Waals surface area contributed by atoms with E-state index >= 15 is 0 Å². The van der Waals surface area contributed by atoms with Crippen molar-refractivity contribution >= 4 is 33.3 Å². The topological polar surface area (TPSA) is 49.2 Å². The van der Waals surface area contributed by atoms with Crippen LogP contribution in [0.5, 0.6) is 0 Å². The van der Waals surface area contributed by atoms with Crippen molar-refractivity contribution in [1.82, 2.24) is 9.97 Å². The molecule has 0 saturated heterocycles. The zero-order valence-electron chi connectivity index (χ0n) is 9.16. The van der Waals surface area contributed by atoms with Crippen LogP contribution in [0, 0.1) is 0 Å². The molecule has 1 aromatic rings. The average Bonchev–Trinajstić information content (AvgIpc) is 2.28. The fraction of sp³-hybridized carbons (Fsp3) is 0.600. The van der Waals surface area contributed by atoms with Crippen LogP contribution in [0.4, 0.5) is 5.82 Å². The van der Waals surface area contributed by atoms with Gasteiger partial charge in [-0.2, -0.15) is 0 Å². The molecular weight excluding hydrogens is 293 g/mol. The van der Waals surface area contributed by atoms with Gasteiger partial charge in [0.2, 0.25) is 0 Å². The molecule has 16 heavy (non-hydrogen) atoms. The Balaban J connectivity index is 2.86. The second-order valence-electron chi connectivity index (χ2n) is 3.37. The summed E-state index contributed by atoms with van der Waals surface area (Å²) >= 11 is 9.27. The molecule has 0 fully saturated rings. The van der Waals surface area contributed by atoms with Crippen LogP contribution in [-0.4, -0.2) is 34.8 Å². The second-order valence-corrected chi connectivity index (χ2v) is 4.52. The van der Waals surface area contributed by atoms with Gasteiger partial charge in [-0.3, -0.25) is 0 Å². The zero-order chi connectivity index (χ0) is 12.0. The molecule has 0 saturated carbocycles. The third-order valence-corrected chi connectivity index (χ3v) is 3.42. The first-order valence-corrected chi connectivity index (χ1v) is 6.39. The maximum Gasteiger partial charge on any atom is 0.148 e. The van der Waals surface area contributed by atoms with Gasteiger partial charge in [-0.1, -0.05) is 24.9 Å². The summed E-state index contributed by atoms with van der Waals surface area (Å²) in [6, 6.07) is 0. The molecule has 0 aliphatic rings. The van der Waals surface area contributed by atoms with Crippen LogP contribution >= 0.6 is 27.5 Å². The number of halogens is 2. The van der Waals surface area contributed by atoms with Crippen LogP contribution in [0.1, 0.15) is 19.8 Å². The summed E-state index contributed by atoms with van der Waals surface area (Å²) in [6.45, 7) is 3.62. The number of aliphatic hydroxyl groups excluding tert-OH is 1. The van der Waals surface area contributed by atoms with E-state index in [9.17, 15) is 0 Å². The smallest absolute Gasteiger partial charge is 0.148 e. The van der Waals surface area contributed by atoms with Crippen LogP contribution in [0.25, 0.3) is 0 Å². The molecule has 0 aliphatic carbocycles. The van der Waals surface area contributed by atoms with Gasteiger partial charge in [0.25, 0.3) is 0 Å². The van der Waals surface area contributed by atoms with Crippen molar-refractivity contribution < 1.29 is 5.11 Å². The fourth-order valence-corrected chi connectivity index (χ4v) is 1.94. The first-order chi connectivity index (χ1) is 7.70. The molecule has 0 spiro atoms. The van der Waals surface area contributed by atoms with Crippen molar-refractivity contribution in [2.75, 3.05) is 24.6 Å². The highest BCUT2D eigenvalue weighted by molar-refractivity contribution is 9.10. The molecule has 1 heterocycles. The standard InChI is InChI=1S/C10H15BrClN3O/c1-2-3-4-15(5-6-16)10-8(11)9(12)13-7-14-10/h7,16H,2-6H2,1H3. The summed E-state index contributed by atoms with van der Waals surface area (Å²) in [6.07, 6.45) is 3.57. The molecule has 4 nitrogen and oxygen atoms in total. The summed E-state index contributed by atoms with van der Waals surface area (Å²) in [5.41, 5.74) is 0. The van der Waals surface area contributed by atoms with Gasteiger partial charge in [0.05, 0.1) is 11.1 Å². The molecule has 0 bridgehead atoms. The highest BCUT2D eigenvalue weighted by Gasteiger charge is 2.13. The lowest BCUT2D eigenvalue weighted by molar-refractivity contribution is 0.301. The molecule has 1 N–H and O–H groups in total. The number of aromatic nitrogens is 2. The van der Waals surface area contributed by atoms with Gasteiger partial charge >= 0.3 is 0 Å². The van der Waals surface area contributed by atoms with E-state index in [0.29, 0.717) is 16.2 Å². The molecular formula is C10H15BrClN3O. The Hall–Kier alpha value is -0.390. The number of rotatable bonds is 6. The second kappa shape index (κ2) is 7.04. The van der Waals surface area contributed by atoms with E-state index in [1.54, 1.807) is 0 Å². The molecule has 0 unspecified atom stereocenters. The number of unbranched alkanes of at least 4 members (excludes halogenated alkanes) is 1. The molecule has 0 amide bonds. The van der Waals surface area contributed by atoms with E-state index in [0.717, 1.165) is 25.2 Å². The van der Waals surface area contributed by atoms with Crippen LogP contribution in [0.2, 0.25) is 5.15 Å². The summed E-state index contributed by atoms with van der Waals surface area (Å²) in [4.78, 5) is 10.1. The number of anilines is 1. The quantitative estimate of drug-likeness (QED) is 0.820. The minimum absolute atomic E-state index is 0.0950. The van der Waals surface area contributed by atoms with Crippen molar-refractivity contribution in [2.45, 2.75) is 19.8 Å². The predicted octanol–water partition coefficient (Wildman–Crippen LogP) is 2.49. The average molecular weight is 309 g/mol. The zero-order valence-corrected chi connectivity index (χ0v) is 11.5. The van der Waals surface area contributed by atoms with Crippen molar-refractivity contribution in [1.29, 1.82) is 0 Å². The minimum Gasteiger partial charge on any atom is -0.395 e. The summed E-state index contributed by atoms with van der Waals surface area (Å²) in [5.74, 6) is 0.738. The minimum atomic E-state index is 0.0950. The fourth-order valence-electron chi connectivity index (χ4n) is 1.35. The number of hydrogen-bond donors (Lipinski definition) is 1. The van der Waals surface area contributed by atoms with E-state index < -0.39 is 0 Å². The van der Waals surface area contributed by atoms with Crippen LogP contribution < -0.4 is 4.90 Å². The van der Waals surface area contributed by atoms with Crippen molar-refractivity contribution in [3.05, 3.63) is 16.0 Å². The third kappa shape index (κ3) is 3.57. The van der Waals surface area contributed by atoms with E-state index in [1.165, 1.54) is 6.33 Å². The number of hydrogen-bond acceptors (Lipinski definition) is 4. The molecule has 1 aromatic heterocycles. The maximum absolute atomic E-state index is 9.02. The molecule has 6 heteroatoms. The SMILES string of the molecule is CCCCN(CCO)c1ncnc(Cl)c1Br.